The van der Waals surface area contributed by atoms with Crippen molar-refractivity contribution in [1.29, 1.82) is 21.0 Å². The molecule has 0 atom stereocenters. The number of aromatic hydroxyl groups is 3. The third-order valence-electron chi connectivity index (χ3n) is 16.2. The molecule has 8 aromatic rings. The number of rotatable bonds is 26. The van der Waals surface area contributed by atoms with Crippen LogP contribution < -0.4 is 10.2 Å². The highest BCUT2D eigenvalue weighted by Crippen LogP contribution is 2.37. The molecule has 1 aliphatic heterocycles. The molecule has 0 unspecified atom stereocenters. The normalized spacial score (nSPS) is 12.7. The Kier molecular flexibility index (Phi) is 37.7. The number of nitriles is 4. The predicted molar refractivity (Wildman–Crippen MR) is 435 cm³/mol. The van der Waals surface area contributed by atoms with Gasteiger partial charge >= 0.3 is 7.12 Å². The highest BCUT2D eigenvalue weighted by Gasteiger charge is 2.51. The van der Waals surface area contributed by atoms with E-state index in [1.165, 1.54) is 82.7 Å². The summed E-state index contributed by atoms with van der Waals surface area (Å²) >= 11 is 6.71. The first-order valence-electron chi connectivity index (χ1n) is 35.2. The molecule has 4 aromatic heterocycles. The molecule has 0 aliphatic carbocycles. The third-order valence-corrected chi connectivity index (χ3v) is 29.8. The van der Waals surface area contributed by atoms with E-state index >= 15 is 0 Å². The van der Waals surface area contributed by atoms with Crippen LogP contribution in [0.2, 0.25) is 77.6 Å². The van der Waals surface area contributed by atoms with Crippen molar-refractivity contribution in [2.24, 2.45) is 0 Å². The van der Waals surface area contributed by atoms with Gasteiger partial charge in [-0.2, -0.15) is 21.0 Å². The summed E-state index contributed by atoms with van der Waals surface area (Å²) in [6, 6.07) is 53.3. The highest BCUT2D eigenvalue weighted by molar-refractivity contribution is 9.10. The zero-order valence-electron chi connectivity index (χ0n) is 62.8. The molecule has 9 rings (SSSR count). The van der Waals surface area contributed by atoms with Crippen LogP contribution in [0.5, 0.6) is 23.0 Å². The lowest BCUT2D eigenvalue weighted by Crippen LogP contribution is -2.42. The van der Waals surface area contributed by atoms with E-state index in [-0.39, 0.29) is 22.7 Å². The highest BCUT2D eigenvalue weighted by atomic mass is 79.9. The minimum absolute atomic E-state index is 0.236. The molecule has 23 heteroatoms. The molecule has 0 bridgehead atoms. The molecule has 546 valence electrons. The van der Waals surface area contributed by atoms with Gasteiger partial charge in [0.25, 0.3) is 0 Å². The zero-order chi connectivity index (χ0) is 76.1. The van der Waals surface area contributed by atoms with Crippen LogP contribution in [0.25, 0.3) is 33.4 Å². The van der Waals surface area contributed by atoms with Gasteiger partial charge < -0.3 is 37.6 Å². The first kappa shape index (κ1) is 87.8. The van der Waals surface area contributed by atoms with E-state index < -0.39 is 40.4 Å². The van der Waals surface area contributed by atoms with Crippen LogP contribution in [0, 0.1) is 45.3 Å². The Bertz CT molecular complexity index is 3780. The van der Waals surface area contributed by atoms with Gasteiger partial charge in [0.2, 0.25) is 0 Å². The number of nitrogens with zero attached hydrogens (tertiary/aromatic N) is 8. The van der Waals surface area contributed by atoms with E-state index in [4.69, 9.17) is 58.6 Å². The van der Waals surface area contributed by atoms with Crippen molar-refractivity contribution in [2.45, 2.75) is 194 Å². The summed E-state index contributed by atoms with van der Waals surface area (Å²) in [4.78, 5) is 16.1. The Morgan fingerprint density at radius 1 is 0.398 bits per heavy atom. The topological polar surface area (TPSA) is 254 Å². The molecule has 4 aromatic carbocycles. The molecule has 0 spiro atoms. The fourth-order valence-electron chi connectivity index (χ4n) is 10.6. The minimum Gasteiger partial charge on any atom is -0.508 e. The smallest absolute Gasteiger partial charge is 0.496 e. The second-order valence-electron chi connectivity index (χ2n) is 29.1. The van der Waals surface area contributed by atoms with Crippen molar-refractivity contribution in [3.05, 3.63) is 198 Å². The second-order valence-corrected chi connectivity index (χ2v) is 49.0. The summed E-state index contributed by atoms with van der Waals surface area (Å²) in [5.41, 5.74) is 7.61. The zero-order valence-corrected chi connectivity index (χ0v) is 69.9. The average molecular weight is 1590 g/mol. The maximum absolute atomic E-state index is 9.13. The molecule has 5 heterocycles. The fourth-order valence-corrected chi connectivity index (χ4v) is 27.6. The van der Waals surface area contributed by atoms with Crippen LogP contribution in [0.1, 0.15) is 128 Å². The number of halogens is 2. The van der Waals surface area contributed by atoms with Crippen LogP contribution in [-0.4, -0.2) is 98.8 Å². The first-order valence-corrected chi connectivity index (χ1v) is 50.2. The van der Waals surface area contributed by atoms with E-state index in [2.05, 4.69) is 117 Å². The van der Waals surface area contributed by atoms with Gasteiger partial charge in [0, 0.05) is 56.7 Å². The lowest BCUT2D eigenvalue weighted by molar-refractivity contribution is 0.00578. The SMILES string of the molecule is CC1(C)OB(c2ccc(C#N)nc2)OC1(C)C.C[Si](C)(C)O[Si](C)(C)CCCCCCCCBr.C[Si](C)(C)O[Si](C)(C)CCCCCCCCOc1ccc(-c2ccc(C#N)nc2)cc1.N#Cc1ccc(-c2ccc(O)cc2)cn1.N#Cc1ccc(-c2ccc(O)cc2)cn1.Oc1ccc(Br)cc1. The Labute approximate surface area is 635 Å². The van der Waals surface area contributed by atoms with Gasteiger partial charge in [0.05, 0.1) is 17.8 Å². The Hall–Kier alpha value is -7.63. The number of hydrogen-bond acceptors (Lipinski definition) is 16. The quantitative estimate of drug-likeness (QED) is 0.0259. The number of pyridine rings is 4. The van der Waals surface area contributed by atoms with E-state index in [9.17, 15) is 0 Å². The Balaban J connectivity index is 0.000000273. The number of benzene rings is 4. The average Bonchev–Trinajstić information content (AvgIpc) is 1.63. The lowest BCUT2D eigenvalue weighted by atomic mass is 9.80. The van der Waals surface area contributed by atoms with E-state index in [1.807, 2.05) is 101 Å². The van der Waals surface area contributed by atoms with E-state index in [1.54, 1.807) is 122 Å². The number of alkyl halides is 1. The van der Waals surface area contributed by atoms with Gasteiger partial charge in [-0.25, -0.2) is 19.9 Å². The summed E-state index contributed by atoms with van der Waals surface area (Å²) < 4.78 is 31.4. The molecular formula is C80H105BBr2N8O8Si4. The van der Waals surface area contributed by atoms with Crippen LogP contribution in [0.3, 0.4) is 0 Å². The van der Waals surface area contributed by atoms with Crippen LogP contribution >= 0.6 is 31.9 Å². The molecule has 16 nitrogen and oxygen atoms in total. The Morgan fingerprint density at radius 2 is 0.699 bits per heavy atom. The minimum atomic E-state index is -1.46. The van der Waals surface area contributed by atoms with Crippen LogP contribution in [0.15, 0.2) is 175 Å². The van der Waals surface area contributed by atoms with Gasteiger partial charge in [-0.15, -0.1) is 0 Å². The summed E-state index contributed by atoms with van der Waals surface area (Å²) in [6.45, 7) is 32.1. The monoisotopic (exact) mass is 1590 g/mol. The van der Waals surface area contributed by atoms with Crippen molar-refractivity contribution in [2.75, 3.05) is 11.9 Å². The van der Waals surface area contributed by atoms with Gasteiger partial charge in [-0.05, 0) is 238 Å². The molecule has 0 radical (unpaired) electrons. The van der Waals surface area contributed by atoms with Gasteiger partial charge in [-0.1, -0.05) is 139 Å². The van der Waals surface area contributed by atoms with Gasteiger partial charge in [0.15, 0.2) is 33.3 Å². The summed E-state index contributed by atoms with van der Waals surface area (Å²) in [5, 5.41) is 62.9. The maximum Gasteiger partial charge on any atom is 0.496 e. The number of phenolic OH excluding ortho intramolecular Hbond substituents is 3. The Morgan fingerprint density at radius 3 is 1.00 bits per heavy atom. The molecular weight excluding hydrogens is 1480 g/mol. The summed E-state index contributed by atoms with van der Waals surface area (Å²) in [7, 11) is -5.96. The summed E-state index contributed by atoms with van der Waals surface area (Å²) in [5.74, 6) is 1.67. The van der Waals surface area contributed by atoms with Crippen LogP contribution in [-0.2, 0) is 17.5 Å². The molecule has 3 N–H and O–H groups in total. The number of ether oxygens (including phenoxy) is 1. The lowest BCUT2D eigenvalue weighted by Gasteiger charge is -2.32. The predicted octanol–water partition coefficient (Wildman–Crippen LogP) is 21.2. The largest absolute Gasteiger partial charge is 0.508 e. The molecule has 0 amide bonds. The van der Waals surface area contributed by atoms with Gasteiger partial charge in [0.1, 0.15) is 70.1 Å². The van der Waals surface area contributed by atoms with Crippen molar-refractivity contribution >= 4 is 77.7 Å². The first-order chi connectivity index (χ1) is 48.7. The molecule has 103 heavy (non-hydrogen) atoms. The standard InChI is InChI=1S/C25H38N2O2Si2.C13H31BrOSi2.C12H15BN2O2.2C12H8N2O.C6H5BrO/c1-30(2,3)29-31(4,5)19-11-9-7-6-8-10-18-28-25-16-13-22(14-17-25)23-12-15-24(20-26)27-21-23;1-16(2,3)15-17(4,5)13-11-9-7-6-8-10-12-14;1-11(2)12(3,4)17-13(16-11)9-5-6-10(7-14)15-8-9;2*13-7-11-4-1-10(8-14-11)9-2-5-12(15)6-3-9;7-5-1-3-6(8)4-2-5/h12-17,21H,6-11,18-19H2,1-5H3;6-13H2,1-5H3;5-6,8H,1-4H3;2*1-6,8,15H;1-4,8H. The molecule has 1 fully saturated rings. The third kappa shape index (κ3) is 35.6. The maximum atomic E-state index is 9.13. The van der Waals surface area contributed by atoms with E-state index in [0.29, 0.717) is 28.5 Å². The molecule has 1 saturated heterocycles. The number of hydrogen-bond donors (Lipinski definition) is 3. The van der Waals surface area contributed by atoms with E-state index in [0.717, 1.165) is 67.4 Å². The van der Waals surface area contributed by atoms with Crippen molar-refractivity contribution in [3.63, 3.8) is 0 Å². The fraction of sp³-hybridized carbons (Fsp3) is 0.400. The molecule has 0 saturated carbocycles. The number of aromatic nitrogens is 4. The van der Waals surface area contributed by atoms with Gasteiger partial charge in [-0.3, -0.25) is 0 Å². The van der Waals surface area contributed by atoms with Crippen molar-refractivity contribution in [1.82, 2.24) is 19.9 Å². The molecule has 1 aliphatic rings. The van der Waals surface area contributed by atoms with Crippen LogP contribution in [0.4, 0.5) is 0 Å². The second kappa shape index (κ2) is 44.2. The summed E-state index contributed by atoms with van der Waals surface area (Å²) in [6.07, 6.45) is 22.5. The van der Waals surface area contributed by atoms with Crippen molar-refractivity contribution < 1.29 is 37.6 Å². The number of phenols is 3. The number of unbranched alkanes of at least 4 members (excludes halogenated alkanes) is 10. The van der Waals surface area contributed by atoms with Crippen molar-refractivity contribution in [3.8, 4) is 80.7 Å².